The monoisotopic (exact) mass is 243 g/mol. The molecule has 1 aliphatic rings. The summed E-state index contributed by atoms with van der Waals surface area (Å²) >= 11 is 0. The van der Waals surface area contributed by atoms with Crippen molar-refractivity contribution >= 4 is 0 Å². The molecule has 3 heteroatoms. The van der Waals surface area contributed by atoms with E-state index in [1.54, 1.807) is 0 Å². The zero-order valence-corrected chi connectivity index (χ0v) is 11.8. The highest BCUT2D eigenvalue weighted by molar-refractivity contribution is 4.85. The maximum Gasteiger partial charge on any atom is 0.0785 e. The molecule has 1 rings (SSSR count). The molecule has 1 fully saturated rings. The van der Waals surface area contributed by atoms with Gasteiger partial charge in [-0.25, -0.2) is 0 Å². The van der Waals surface area contributed by atoms with Crippen molar-refractivity contribution in [2.24, 2.45) is 17.6 Å². The fourth-order valence-corrected chi connectivity index (χ4v) is 2.57. The highest BCUT2D eigenvalue weighted by Gasteiger charge is 2.31. The molecule has 0 heterocycles. The molecule has 0 aliphatic heterocycles. The molecule has 4 unspecified atom stereocenters. The topological polar surface area (TPSA) is 44.5 Å². The van der Waals surface area contributed by atoms with Crippen LogP contribution in [0.3, 0.4) is 0 Å². The van der Waals surface area contributed by atoms with Crippen LogP contribution in [0.25, 0.3) is 0 Å². The third kappa shape index (κ3) is 4.94. The van der Waals surface area contributed by atoms with E-state index in [2.05, 4.69) is 20.8 Å². The second-order valence-electron chi connectivity index (χ2n) is 5.63. The van der Waals surface area contributed by atoms with Crippen LogP contribution in [0.4, 0.5) is 0 Å². The molecule has 0 aromatic heterocycles. The molecule has 1 saturated carbocycles. The van der Waals surface area contributed by atoms with Crippen molar-refractivity contribution in [2.75, 3.05) is 13.2 Å². The van der Waals surface area contributed by atoms with Crippen LogP contribution in [0.5, 0.6) is 0 Å². The first-order valence-electron chi connectivity index (χ1n) is 7.03. The lowest BCUT2D eigenvalue weighted by molar-refractivity contribution is -0.0763. The number of hydrogen-bond donors (Lipinski definition) is 1. The Kier molecular flexibility index (Phi) is 6.45. The van der Waals surface area contributed by atoms with Gasteiger partial charge >= 0.3 is 0 Å². The zero-order valence-electron chi connectivity index (χ0n) is 11.8. The smallest absolute Gasteiger partial charge is 0.0785 e. The molecule has 0 spiro atoms. The Morgan fingerprint density at radius 1 is 1.24 bits per heavy atom. The maximum absolute atomic E-state index is 6.15. The van der Waals surface area contributed by atoms with Crippen LogP contribution < -0.4 is 5.73 Å². The standard InChI is InChI=1S/C14H29NO2/c1-5-16-9-11(4)17-14-8-12(10(2)3)6-7-13(14)15/h10-14H,5-9,15H2,1-4H3. The van der Waals surface area contributed by atoms with Gasteiger partial charge in [0.05, 0.1) is 18.8 Å². The second-order valence-corrected chi connectivity index (χ2v) is 5.63. The third-order valence-electron chi connectivity index (χ3n) is 3.79. The van der Waals surface area contributed by atoms with Crippen LogP contribution in [-0.2, 0) is 9.47 Å². The first kappa shape index (κ1) is 14.9. The Bertz CT molecular complexity index is 208. The van der Waals surface area contributed by atoms with Crippen LogP contribution in [-0.4, -0.2) is 31.5 Å². The molecular weight excluding hydrogens is 214 g/mol. The SMILES string of the molecule is CCOCC(C)OC1CC(C(C)C)CCC1N. The quantitative estimate of drug-likeness (QED) is 0.780. The van der Waals surface area contributed by atoms with E-state index in [0.29, 0.717) is 6.61 Å². The van der Waals surface area contributed by atoms with Gasteiger partial charge in [0.1, 0.15) is 0 Å². The predicted molar refractivity (Wildman–Crippen MR) is 71.0 cm³/mol. The van der Waals surface area contributed by atoms with Crippen molar-refractivity contribution < 1.29 is 9.47 Å². The molecule has 102 valence electrons. The van der Waals surface area contributed by atoms with Gasteiger partial charge in [-0.1, -0.05) is 13.8 Å². The Hall–Kier alpha value is -0.120. The lowest BCUT2D eigenvalue weighted by Gasteiger charge is -2.37. The predicted octanol–water partition coefficient (Wildman–Crippen LogP) is 2.58. The van der Waals surface area contributed by atoms with Gasteiger partial charge in [0.25, 0.3) is 0 Å². The molecule has 2 N–H and O–H groups in total. The van der Waals surface area contributed by atoms with Gasteiger partial charge in [-0.3, -0.25) is 0 Å². The number of nitrogens with two attached hydrogens (primary N) is 1. The van der Waals surface area contributed by atoms with Gasteiger partial charge in [-0.2, -0.15) is 0 Å². The summed E-state index contributed by atoms with van der Waals surface area (Å²) in [7, 11) is 0. The normalized spacial score (nSPS) is 31.8. The minimum Gasteiger partial charge on any atom is -0.379 e. The zero-order chi connectivity index (χ0) is 12.8. The Balaban J connectivity index is 2.38. The van der Waals surface area contributed by atoms with Gasteiger partial charge in [0.2, 0.25) is 0 Å². The summed E-state index contributed by atoms with van der Waals surface area (Å²) in [5.41, 5.74) is 6.15. The second kappa shape index (κ2) is 7.34. The highest BCUT2D eigenvalue weighted by atomic mass is 16.5. The summed E-state index contributed by atoms with van der Waals surface area (Å²) in [6, 6.07) is 0.203. The van der Waals surface area contributed by atoms with Crippen LogP contribution >= 0.6 is 0 Å². The molecular formula is C14H29NO2. The minimum absolute atomic E-state index is 0.150. The van der Waals surface area contributed by atoms with E-state index in [1.807, 2.05) is 6.92 Å². The van der Waals surface area contributed by atoms with E-state index in [0.717, 1.165) is 31.3 Å². The lowest BCUT2D eigenvalue weighted by Crippen LogP contribution is -2.44. The van der Waals surface area contributed by atoms with E-state index >= 15 is 0 Å². The Morgan fingerprint density at radius 3 is 2.53 bits per heavy atom. The molecule has 0 aromatic carbocycles. The van der Waals surface area contributed by atoms with Crippen molar-refractivity contribution in [2.45, 2.75) is 65.2 Å². The van der Waals surface area contributed by atoms with E-state index in [9.17, 15) is 0 Å². The van der Waals surface area contributed by atoms with Crippen molar-refractivity contribution in [3.63, 3.8) is 0 Å². The molecule has 0 aromatic rings. The average Bonchev–Trinajstić information content (AvgIpc) is 2.29. The summed E-state index contributed by atoms with van der Waals surface area (Å²) in [6.07, 6.45) is 3.81. The fourth-order valence-electron chi connectivity index (χ4n) is 2.57. The summed E-state index contributed by atoms with van der Waals surface area (Å²) < 4.78 is 11.4. The fraction of sp³-hybridized carbons (Fsp3) is 1.00. The largest absolute Gasteiger partial charge is 0.379 e. The van der Waals surface area contributed by atoms with Gasteiger partial charge < -0.3 is 15.2 Å². The van der Waals surface area contributed by atoms with Gasteiger partial charge in [-0.15, -0.1) is 0 Å². The summed E-state index contributed by atoms with van der Waals surface area (Å²) in [5.74, 6) is 1.50. The molecule has 17 heavy (non-hydrogen) atoms. The Labute approximate surface area is 106 Å². The minimum atomic E-state index is 0.150. The highest BCUT2D eigenvalue weighted by Crippen LogP contribution is 2.31. The molecule has 0 saturated heterocycles. The van der Waals surface area contributed by atoms with Crippen molar-refractivity contribution in [3.8, 4) is 0 Å². The average molecular weight is 243 g/mol. The van der Waals surface area contributed by atoms with Crippen molar-refractivity contribution in [1.82, 2.24) is 0 Å². The first-order chi connectivity index (χ1) is 8.04. The van der Waals surface area contributed by atoms with Crippen molar-refractivity contribution in [1.29, 1.82) is 0 Å². The summed E-state index contributed by atoms with van der Waals surface area (Å²) in [4.78, 5) is 0. The molecule has 4 atom stereocenters. The number of ether oxygens (including phenoxy) is 2. The summed E-state index contributed by atoms with van der Waals surface area (Å²) in [6.45, 7) is 10.1. The van der Waals surface area contributed by atoms with Crippen LogP contribution in [0.1, 0.15) is 47.0 Å². The molecule has 0 bridgehead atoms. The van der Waals surface area contributed by atoms with E-state index in [4.69, 9.17) is 15.2 Å². The number of hydrogen-bond acceptors (Lipinski definition) is 3. The lowest BCUT2D eigenvalue weighted by atomic mass is 9.78. The summed E-state index contributed by atoms with van der Waals surface area (Å²) in [5, 5.41) is 0. The van der Waals surface area contributed by atoms with E-state index in [-0.39, 0.29) is 18.2 Å². The van der Waals surface area contributed by atoms with Crippen LogP contribution in [0, 0.1) is 11.8 Å². The van der Waals surface area contributed by atoms with E-state index < -0.39 is 0 Å². The number of rotatable bonds is 6. The van der Waals surface area contributed by atoms with Gasteiger partial charge in [0.15, 0.2) is 0 Å². The third-order valence-corrected chi connectivity index (χ3v) is 3.79. The first-order valence-corrected chi connectivity index (χ1v) is 7.03. The van der Waals surface area contributed by atoms with Crippen molar-refractivity contribution in [3.05, 3.63) is 0 Å². The van der Waals surface area contributed by atoms with Crippen LogP contribution in [0.15, 0.2) is 0 Å². The molecule has 0 radical (unpaired) electrons. The van der Waals surface area contributed by atoms with E-state index in [1.165, 1.54) is 6.42 Å². The maximum atomic E-state index is 6.15. The molecule has 0 amide bonds. The molecule has 3 nitrogen and oxygen atoms in total. The Morgan fingerprint density at radius 2 is 1.94 bits per heavy atom. The van der Waals surface area contributed by atoms with Crippen LogP contribution in [0.2, 0.25) is 0 Å². The molecule has 1 aliphatic carbocycles. The van der Waals surface area contributed by atoms with Gasteiger partial charge in [-0.05, 0) is 44.9 Å². The van der Waals surface area contributed by atoms with Gasteiger partial charge in [0, 0.05) is 12.6 Å².